The van der Waals surface area contributed by atoms with E-state index in [9.17, 15) is 0 Å². The summed E-state index contributed by atoms with van der Waals surface area (Å²) >= 11 is 0. The van der Waals surface area contributed by atoms with Gasteiger partial charge in [0.05, 0.1) is 11.2 Å². The van der Waals surface area contributed by atoms with Crippen molar-refractivity contribution in [3.63, 3.8) is 0 Å². The molecule has 2 rings (SSSR count). The van der Waals surface area contributed by atoms with Crippen molar-refractivity contribution < 1.29 is 15.0 Å². The van der Waals surface area contributed by atoms with Gasteiger partial charge in [-0.05, 0) is 39.2 Å². The van der Waals surface area contributed by atoms with Gasteiger partial charge in [0, 0.05) is 11.3 Å². The van der Waals surface area contributed by atoms with Gasteiger partial charge in [0.2, 0.25) is 0 Å². The van der Waals surface area contributed by atoms with E-state index < -0.39 is 0 Å². The lowest BCUT2D eigenvalue weighted by Crippen LogP contribution is -2.51. The molecule has 1 aliphatic heterocycles. The van der Waals surface area contributed by atoms with E-state index in [4.69, 9.17) is 15.0 Å². The summed E-state index contributed by atoms with van der Waals surface area (Å²) in [4.78, 5) is 0. The van der Waals surface area contributed by atoms with Crippen molar-refractivity contribution >= 4 is 18.3 Å². The highest BCUT2D eigenvalue weighted by Crippen LogP contribution is 2.36. The van der Waals surface area contributed by atoms with E-state index in [1.54, 1.807) is 0 Å². The van der Waals surface area contributed by atoms with Gasteiger partial charge in [0.25, 0.3) is 0 Å². The quantitative estimate of drug-likeness (QED) is 0.585. The molecule has 1 fully saturated rings. The number of quaternary nitrogens is 1. The third kappa shape index (κ3) is 2.02. The molecule has 0 saturated carbocycles. The van der Waals surface area contributed by atoms with Gasteiger partial charge >= 0.3 is 7.12 Å². The highest BCUT2D eigenvalue weighted by atomic mass is 16.7. The van der Waals surface area contributed by atoms with E-state index in [-0.39, 0.29) is 18.3 Å². The minimum Gasteiger partial charge on any atom is -0.399 e. The molecule has 1 saturated heterocycles. The molecule has 0 spiro atoms. The SMILES string of the molecule is CC1(C)OB(c2cccc(N)c2C[NH3+])OC1(C)C. The minimum atomic E-state index is -0.366. The molecule has 0 unspecified atom stereocenters. The Morgan fingerprint density at radius 1 is 1.17 bits per heavy atom. The fourth-order valence-electron chi connectivity index (χ4n) is 2.10. The molecule has 0 amide bonds. The van der Waals surface area contributed by atoms with Crippen LogP contribution in [0.2, 0.25) is 0 Å². The Morgan fingerprint density at radius 3 is 2.22 bits per heavy atom. The predicted molar refractivity (Wildman–Crippen MR) is 73.2 cm³/mol. The van der Waals surface area contributed by atoms with Gasteiger partial charge in [-0.25, -0.2) is 0 Å². The molecular weight excluding hydrogens is 227 g/mol. The van der Waals surface area contributed by atoms with E-state index in [0.29, 0.717) is 6.54 Å². The van der Waals surface area contributed by atoms with Crippen LogP contribution in [0.3, 0.4) is 0 Å². The molecule has 0 aliphatic carbocycles. The number of benzene rings is 1. The van der Waals surface area contributed by atoms with Crippen LogP contribution < -0.4 is 16.9 Å². The van der Waals surface area contributed by atoms with Crippen LogP contribution in [0.4, 0.5) is 5.69 Å². The van der Waals surface area contributed by atoms with Crippen molar-refractivity contribution in [2.75, 3.05) is 5.73 Å². The Morgan fingerprint density at radius 2 is 1.72 bits per heavy atom. The second-order valence-electron chi connectivity index (χ2n) is 5.75. The van der Waals surface area contributed by atoms with Gasteiger partial charge < -0.3 is 20.8 Å². The second kappa shape index (κ2) is 4.26. The number of anilines is 1. The molecule has 5 heteroatoms. The zero-order valence-electron chi connectivity index (χ0n) is 11.6. The third-order valence-electron chi connectivity index (χ3n) is 4.01. The third-order valence-corrected chi connectivity index (χ3v) is 4.01. The molecule has 98 valence electrons. The monoisotopic (exact) mass is 249 g/mol. The van der Waals surface area contributed by atoms with Crippen molar-refractivity contribution in [2.45, 2.75) is 45.4 Å². The van der Waals surface area contributed by atoms with Gasteiger partial charge in [0.1, 0.15) is 6.54 Å². The summed E-state index contributed by atoms with van der Waals surface area (Å²) in [5.74, 6) is 0. The van der Waals surface area contributed by atoms with Gasteiger partial charge in [0.15, 0.2) is 0 Å². The normalized spacial score (nSPS) is 21.3. The first kappa shape index (κ1) is 13.4. The van der Waals surface area contributed by atoms with Gasteiger partial charge in [-0.1, -0.05) is 12.1 Å². The molecular formula is C13H22BN2O2+. The maximum Gasteiger partial charge on any atom is 0.495 e. The Hall–Kier alpha value is -1.04. The van der Waals surface area contributed by atoms with Crippen LogP contribution >= 0.6 is 0 Å². The number of rotatable bonds is 2. The highest BCUT2D eigenvalue weighted by molar-refractivity contribution is 6.62. The number of nitrogen functional groups attached to an aromatic ring is 1. The van der Waals surface area contributed by atoms with Crippen molar-refractivity contribution in [1.29, 1.82) is 0 Å². The number of hydrogen-bond donors (Lipinski definition) is 2. The maximum atomic E-state index is 6.04. The summed E-state index contributed by atoms with van der Waals surface area (Å²) in [5.41, 5.74) is 12.0. The van der Waals surface area contributed by atoms with E-state index in [2.05, 4.69) is 5.73 Å². The van der Waals surface area contributed by atoms with Crippen LogP contribution in [0.15, 0.2) is 18.2 Å². The molecule has 0 aromatic heterocycles. The van der Waals surface area contributed by atoms with E-state index in [0.717, 1.165) is 16.7 Å². The van der Waals surface area contributed by atoms with Gasteiger partial charge in [-0.15, -0.1) is 0 Å². The average Bonchev–Trinajstić information content (AvgIpc) is 2.47. The molecule has 1 aromatic rings. The van der Waals surface area contributed by atoms with Crippen LogP contribution in [0, 0.1) is 0 Å². The van der Waals surface area contributed by atoms with Crippen molar-refractivity contribution in [2.24, 2.45) is 0 Å². The molecule has 0 atom stereocenters. The Kier molecular flexibility index (Phi) is 3.17. The van der Waals surface area contributed by atoms with E-state index in [1.807, 2.05) is 45.9 Å². The van der Waals surface area contributed by atoms with Crippen molar-refractivity contribution in [3.05, 3.63) is 23.8 Å². The summed E-state index contributed by atoms with van der Waals surface area (Å²) < 4.78 is 12.1. The zero-order chi connectivity index (χ0) is 13.6. The smallest absolute Gasteiger partial charge is 0.399 e. The number of hydrogen-bond acceptors (Lipinski definition) is 3. The van der Waals surface area contributed by atoms with Gasteiger partial charge in [-0.3, -0.25) is 0 Å². The van der Waals surface area contributed by atoms with Crippen LogP contribution in [0.1, 0.15) is 33.3 Å². The van der Waals surface area contributed by atoms with Crippen LogP contribution in [0.25, 0.3) is 0 Å². The number of nitrogens with two attached hydrogens (primary N) is 1. The van der Waals surface area contributed by atoms with Crippen LogP contribution in [-0.2, 0) is 15.9 Å². The first-order chi connectivity index (χ1) is 8.28. The van der Waals surface area contributed by atoms with E-state index >= 15 is 0 Å². The fraction of sp³-hybridized carbons (Fsp3) is 0.538. The standard InChI is InChI=1S/C13H21BN2O2/c1-12(2)13(3,4)18-14(17-12)10-6-5-7-11(16)9(10)8-15/h5-7H,8,15-16H2,1-4H3/p+1. The van der Waals surface area contributed by atoms with E-state index in [1.165, 1.54) is 0 Å². The fourth-order valence-corrected chi connectivity index (χ4v) is 2.10. The zero-order valence-corrected chi connectivity index (χ0v) is 11.6. The summed E-state index contributed by atoms with van der Waals surface area (Å²) in [6, 6.07) is 5.81. The lowest BCUT2D eigenvalue weighted by Gasteiger charge is -2.32. The molecule has 0 radical (unpaired) electrons. The molecule has 0 bridgehead atoms. The van der Waals surface area contributed by atoms with Crippen molar-refractivity contribution in [3.8, 4) is 0 Å². The molecule has 18 heavy (non-hydrogen) atoms. The van der Waals surface area contributed by atoms with Crippen LogP contribution in [0.5, 0.6) is 0 Å². The lowest BCUT2D eigenvalue weighted by atomic mass is 9.75. The molecule has 1 heterocycles. The summed E-state index contributed by atoms with van der Waals surface area (Å²) in [6.07, 6.45) is 0. The van der Waals surface area contributed by atoms with Crippen molar-refractivity contribution in [1.82, 2.24) is 0 Å². The lowest BCUT2D eigenvalue weighted by molar-refractivity contribution is -0.386. The molecule has 4 nitrogen and oxygen atoms in total. The Balaban J connectivity index is 2.38. The Bertz CT molecular complexity index is 444. The summed E-state index contributed by atoms with van der Waals surface area (Å²) in [7, 11) is -0.366. The summed E-state index contributed by atoms with van der Waals surface area (Å²) in [5, 5.41) is 0. The Labute approximate surface area is 109 Å². The molecule has 1 aromatic carbocycles. The van der Waals surface area contributed by atoms with Crippen LogP contribution in [-0.4, -0.2) is 18.3 Å². The average molecular weight is 249 g/mol. The minimum absolute atomic E-state index is 0.333. The molecule has 5 N–H and O–H groups in total. The highest BCUT2D eigenvalue weighted by Gasteiger charge is 2.52. The topological polar surface area (TPSA) is 72.1 Å². The maximum absolute atomic E-state index is 6.04. The second-order valence-corrected chi connectivity index (χ2v) is 5.75. The summed E-state index contributed by atoms with van der Waals surface area (Å²) in [6.45, 7) is 8.81. The predicted octanol–water partition coefficient (Wildman–Crippen LogP) is 0.310. The largest absolute Gasteiger partial charge is 0.495 e. The molecule has 1 aliphatic rings. The first-order valence-corrected chi connectivity index (χ1v) is 6.30. The van der Waals surface area contributed by atoms with Gasteiger partial charge in [-0.2, -0.15) is 0 Å². The first-order valence-electron chi connectivity index (χ1n) is 6.30.